The van der Waals surface area contributed by atoms with Crippen LogP contribution in [-0.4, -0.2) is 84.3 Å². The molecule has 2 aliphatic heterocycles. The number of aromatic nitrogens is 3. The van der Waals surface area contributed by atoms with Crippen molar-refractivity contribution in [3.8, 4) is 11.1 Å². The van der Waals surface area contributed by atoms with Gasteiger partial charge in [-0.3, -0.25) is 14.5 Å². The molecule has 2 aromatic heterocycles. The van der Waals surface area contributed by atoms with E-state index in [-0.39, 0.29) is 12.1 Å². The van der Waals surface area contributed by atoms with Crippen molar-refractivity contribution in [2.75, 3.05) is 61.6 Å². The Kier molecular flexibility index (Phi) is 8.24. The van der Waals surface area contributed by atoms with E-state index in [1.54, 1.807) is 18.5 Å². The molecule has 2 atom stereocenters. The molecule has 0 bridgehead atoms. The van der Waals surface area contributed by atoms with Gasteiger partial charge in [-0.15, -0.1) is 0 Å². The number of nitrogens with one attached hydrogen (secondary N) is 2. The smallest absolute Gasteiger partial charge is 0.378 e. The second-order valence-electron chi connectivity index (χ2n) is 10.9. The summed E-state index contributed by atoms with van der Waals surface area (Å²) in [6.45, 7) is 10.0. The van der Waals surface area contributed by atoms with Crippen molar-refractivity contribution in [1.29, 1.82) is 0 Å². The van der Waals surface area contributed by atoms with Gasteiger partial charge in [0.2, 0.25) is 11.5 Å². The zero-order valence-electron chi connectivity index (χ0n) is 24.0. The summed E-state index contributed by atoms with van der Waals surface area (Å²) in [4.78, 5) is 42.7. The summed E-state index contributed by atoms with van der Waals surface area (Å²) >= 11 is 0. The highest BCUT2D eigenvalue weighted by Gasteiger charge is 2.36. The number of alkyl halides is 3. The number of nitrogens with zero attached hydrogens (tertiary/aromatic N) is 5. The van der Waals surface area contributed by atoms with Gasteiger partial charge in [0.25, 0.3) is 5.91 Å². The van der Waals surface area contributed by atoms with Crippen LogP contribution in [0.3, 0.4) is 0 Å². The maximum Gasteiger partial charge on any atom is 0.417 e. The topological polar surface area (TPSA) is 107 Å². The van der Waals surface area contributed by atoms with E-state index in [9.17, 15) is 22.8 Å². The molecule has 42 heavy (non-hydrogen) atoms. The second-order valence-corrected chi connectivity index (χ2v) is 10.9. The van der Waals surface area contributed by atoms with Crippen LogP contribution in [0.5, 0.6) is 0 Å². The van der Waals surface area contributed by atoms with Crippen molar-refractivity contribution >= 4 is 23.2 Å². The van der Waals surface area contributed by atoms with E-state index >= 15 is 0 Å². The van der Waals surface area contributed by atoms with Crippen molar-refractivity contribution in [3.05, 3.63) is 63.8 Å². The third kappa shape index (κ3) is 6.12. The maximum atomic E-state index is 13.8. The van der Waals surface area contributed by atoms with E-state index in [2.05, 4.69) is 51.0 Å². The van der Waals surface area contributed by atoms with E-state index in [1.165, 1.54) is 0 Å². The Balaban J connectivity index is 1.54. The van der Waals surface area contributed by atoms with Gasteiger partial charge in [0.15, 0.2) is 0 Å². The summed E-state index contributed by atoms with van der Waals surface area (Å²) in [6, 6.07) is 4.49. The van der Waals surface area contributed by atoms with Crippen molar-refractivity contribution in [2.45, 2.75) is 39.0 Å². The third-order valence-electron chi connectivity index (χ3n) is 8.01. The van der Waals surface area contributed by atoms with Crippen LogP contribution in [-0.2, 0) is 10.9 Å². The molecule has 5 rings (SSSR count). The lowest BCUT2D eigenvalue weighted by atomic mass is 9.99. The zero-order chi connectivity index (χ0) is 30.2. The maximum absolute atomic E-state index is 13.8. The lowest BCUT2D eigenvalue weighted by Gasteiger charge is -2.44. The van der Waals surface area contributed by atoms with Crippen LogP contribution in [0, 0.1) is 6.92 Å². The molecule has 224 valence electrons. The molecule has 4 heterocycles. The highest BCUT2D eigenvalue weighted by Crippen LogP contribution is 2.37. The number of hydrogen-bond donors (Lipinski definition) is 2. The zero-order valence-corrected chi connectivity index (χ0v) is 24.0. The van der Waals surface area contributed by atoms with Gasteiger partial charge in [-0.25, -0.2) is 9.97 Å². The van der Waals surface area contributed by atoms with Crippen LogP contribution in [0.4, 0.5) is 30.5 Å². The summed E-state index contributed by atoms with van der Waals surface area (Å²) in [6.07, 6.45) is -0.679. The van der Waals surface area contributed by atoms with Crippen LogP contribution in [0.15, 0.2) is 41.6 Å². The van der Waals surface area contributed by atoms with E-state index in [4.69, 9.17) is 4.74 Å². The van der Waals surface area contributed by atoms with Crippen molar-refractivity contribution < 1.29 is 22.7 Å². The minimum absolute atomic E-state index is 0.203. The summed E-state index contributed by atoms with van der Waals surface area (Å²) in [5.41, 5.74) is 0.451. The lowest BCUT2D eigenvalue weighted by Crippen LogP contribution is -2.55. The Morgan fingerprint density at radius 1 is 1.05 bits per heavy atom. The number of anilines is 3. The molecule has 2 aliphatic rings. The first-order chi connectivity index (χ1) is 19.9. The fourth-order valence-electron chi connectivity index (χ4n) is 5.44. The number of aryl methyl sites for hydroxylation is 1. The number of benzene rings is 1. The SMILES string of the molecule is Cc1cc(N2CC(C)N(C)C(C)C2)c(NC(=O)c2c[nH]c(=O)cc2C(F)(F)F)cc1-c1cnc(N2CCOCC2)nc1. The van der Waals surface area contributed by atoms with Gasteiger partial charge in [-0.05, 0) is 51.1 Å². The number of hydrogen-bond acceptors (Lipinski definition) is 8. The average Bonchev–Trinajstić information content (AvgIpc) is 2.96. The molecule has 2 unspecified atom stereocenters. The Hall–Kier alpha value is -3.97. The van der Waals surface area contributed by atoms with Crippen LogP contribution >= 0.6 is 0 Å². The molecule has 2 saturated heterocycles. The quantitative estimate of drug-likeness (QED) is 0.466. The monoisotopic (exact) mass is 585 g/mol. The first kappa shape index (κ1) is 29.5. The molecule has 2 fully saturated rings. The molecule has 0 saturated carbocycles. The molecule has 1 aromatic carbocycles. The number of piperazine rings is 1. The van der Waals surface area contributed by atoms with Gasteiger partial charge in [0, 0.05) is 68.5 Å². The predicted octanol–water partition coefficient (Wildman–Crippen LogP) is 3.78. The fourth-order valence-corrected chi connectivity index (χ4v) is 5.44. The number of aromatic amines is 1. The number of halogens is 3. The highest BCUT2D eigenvalue weighted by atomic mass is 19.4. The first-order valence-corrected chi connectivity index (χ1v) is 13.8. The normalized spacial score (nSPS) is 20.1. The third-order valence-corrected chi connectivity index (χ3v) is 8.01. The van der Waals surface area contributed by atoms with Gasteiger partial charge in [0.1, 0.15) is 0 Å². The first-order valence-electron chi connectivity index (χ1n) is 13.8. The number of amides is 1. The fraction of sp³-hybridized carbons (Fsp3) is 0.448. The summed E-state index contributed by atoms with van der Waals surface area (Å²) in [5.74, 6) is -0.397. The number of ether oxygens (including phenoxy) is 1. The van der Waals surface area contributed by atoms with Gasteiger partial charge >= 0.3 is 6.18 Å². The van der Waals surface area contributed by atoms with Crippen molar-refractivity contribution in [3.63, 3.8) is 0 Å². The predicted molar refractivity (Wildman–Crippen MR) is 154 cm³/mol. The van der Waals surface area contributed by atoms with Crippen LogP contribution in [0.1, 0.15) is 35.3 Å². The lowest BCUT2D eigenvalue weighted by molar-refractivity contribution is -0.138. The molecular formula is C29H34F3N7O3. The Bertz CT molecular complexity index is 1490. The molecule has 2 N–H and O–H groups in total. The minimum Gasteiger partial charge on any atom is -0.378 e. The number of pyridine rings is 1. The Morgan fingerprint density at radius 2 is 1.69 bits per heavy atom. The molecule has 1 amide bonds. The largest absolute Gasteiger partial charge is 0.417 e. The van der Waals surface area contributed by atoms with E-state index in [1.807, 2.05) is 17.9 Å². The summed E-state index contributed by atoms with van der Waals surface area (Å²) < 4.78 is 46.7. The molecule has 10 nitrogen and oxygen atoms in total. The van der Waals surface area contributed by atoms with Crippen LogP contribution in [0.2, 0.25) is 0 Å². The molecule has 0 spiro atoms. The van der Waals surface area contributed by atoms with Gasteiger partial charge in [-0.2, -0.15) is 13.2 Å². The Labute approximate surface area is 241 Å². The number of rotatable bonds is 5. The standard InChI is InChI=1S/C29H34F3N7O3/c1-17-9-25(39-15-18(2)37(4)19(3)16-39)24(36-27(41)22-14-33-26(40)11-23(22)29(30,31)32)10-21(17)20-12-34-28(35-13-20)38-5-7-42-8-6-38/h9-14,18-19H,5-8,15-16H2,1-4H3,(H,33,40)(H,36,41). The van der Waals surface area contributed by atoms with Crippen molar-refractivity contribution in [1.82, 2.24) is 19.9 Å². The summed E-state index contributed by atoms with van der Waals surface area (Å²) in [7, 11) is 2.05. The van der Waals surface area contributed by atoms with Crippen molar-refractivity contribution in [2.24, 2.45) is 0 Å². The number of likely N-dealkylation sites (N-methyl/N-ethyl adjacent to an activating group) is 1. The molecule has 0 aliphatic carbocycles. The van der Waals surface area contributed by atoms with Crippen LogP contribution < -0.4 is 20.7 Å². The number of carbonyl (C=O) groups is 1. The average molecular weight is 586 g/mol. The molecule has 0 radical (unpaired) electrons. The summed E-state index contributed by atoms with van der Waals surface area (Å²) in [5, 5.41) is 2.72. The van der Waals surface area contributed by atoms with Gasteiger partial charge in [0.05, 0.1) is 35.7 Å². The van der Waals surface area contributed by atoms with E-state index < -0.39 is 28.8 Å². The van der Waals surface area contributed by atoms with Gasteiger partial charge < -0.3 is 24.8 Å². The minimum atomic E-state index is -4.88. The van der Waals surface area contributed by atoms with Crippen LogP contribution in [0.25, 0.3) is 11.1 Å². The molecular weight excluding hydrogens is 551 g/mol. The van der Waals surface area contributed by atoms with E-state index in [0.29, 0.717) is 68.3 Å². The number of carbonyl (C=O) groups excluding carboxylic acids is 1. The highest BCUT2D eigenvalue weighted by molar-refractivity contribution is 6.07. The number of morpholine rings is 1. The molecule has 3 aromatic rings. The second kappa shape index (κ2) is 11.7. The molecule has 13 heteroatoms. The number of H-pyrrole nitrogens is 1. The van der Waals surface area contributed by atoms with E-state index in [0.717, 1.165) is 17.3 Å². The Morgan fingerprint density at radius 3 is 2.31 bits per heavy atom. The van der Waals surface area contributed by atoms with Gasteiger partial charge in [-0.1, -0.05) is 0 Å².